The number of sulfonamides is 1. The third-order valence-electron chi connectivity index (χ3n) is 6.14. The van der Waals surface area contributed by atoms with E-state index in [1.165, 1.54) is 23.1 Å². The first-order valence-electron chi connectivity index (χ1n) is 11.3. The molecule has 1 saturated carbocycles. The van der Waals surface area contributed by atoms with Crippen LogP contribution in [0.2, 0.25) is 20.1 Å². The molecule has 2 amide bonds. The van der Waals surface area contributed by atoms with Crippen molar-refractivity contribution in [2.24, 2.45) is 0 Å². The summed E-state index contributed by atoms with van der Waals surface area (Å²) in [6.45, 7) is 0.879. The lowest BCUT2D eigenvalue weighted by Gasteiger charge is -2.32. The molecule has 7 nitrogen and oxygen atoms in total. The van der Waals surface area contributed by atoms with Gasteiger partial charge in [0.25, 0.3) is 0 Å². The number of carbonyl (C=O) groups excluding carboxylic acids is 2. The van der Waals surface area contributed by atoms with Gasteiger partial charge in [-0.25, -0.2) is 8.42 Å². The molecule has 0 heterocycles. The Labute approximate surface area is 231 Å². The standard InChI is InChI=1S/C24H27Cl4N3O4S/c1-15(24(33)29-16-7-3-4-8-16)30(13-17-18(25)9-5-10-19(17)26)22(32)14-31(36(2,34)35)21-12-6-11-20(27)23(21)28/h5-6,9-12,15-16H,3-4,7-8,13-14H2,1-2H3,(H,29,33). The Morgan fingerprint density at radius 2 is 1.56 bits per heavy atom. The molecule has 36 heavy (non-hydrogen) atoms. The van der Waals surface area contributed by atoms with Crippen LogP contribution >= 0.6 is 46.4 Å². The predicted molar refractivity (Wildman–Crippen MR) is 146 cm³/mol. The highest BCUT2D eigenvalue weighted by Gasteiger charge is 2.32. The molecule has 0 bridgehead atoms. The number of hydrogen-bond donors (Lipinski definition) is 1. The fraction of sp³-hybridized carbons (Fsp3) is 0.417. The summed E-state index contributed by atoms with van der Waals surface area (Å²) in [5.74, 6) is -0.980. The summed E-state index contributed by atoms with van der Waals surface area (Å²) in [7, 11) is -3.95. The van der Waals surface area contributed by atoms with Crippen molar-refractivity contribution in [3.05, 3.63) is 62.1 Å². The van der Waals surface area contributed by atoms with Gasteiger partial charge in [0, 0.05) is 28.2 Å². The van der Waals surface area contributed by atoms with Crippen molar-refractivity contribution >= 4 is 73.9 Å². The van der Waals surface area contributed by atoms with Crippen molar-refractivity contribution in [3.8, 4) is 0 Å². The number of halogens is 4. The largest absolute Gasteiger partial charge is 0.352 e. The number of nitrogens with one attached hydrogen (secondary N) is 1. The predicted octanol–water partition coefficient (Wildman–Crippen LogP) is 5.54. The number of carbonyl (C=O) groups is 2. The summed E-state index contributed by atoms with van der Waals surface area (Å²) in [5, 5.41) is 3.76. The number of benzene rings is 2. The summed E-state index contributed by atoms with van der Waals surface area (Å²) in [6.07, 6.45) is 4.76. The molecular formula is C24H27Cl4N3O4S. The molecular weight excluding hydrogens is 568 g/mol. The monoisotopic (exact) mass is 593 g/mol. The van der Waals surface area contributed by atoms with Gasteiger partial charge in [-0.1, -0.05) is 71.4 Å². The van der Waals surface area contributed by atoms with E-state index in [4.69, 9.17) is 46.4 Å². The van der Waals surface area contributed by atoms with Crippen molar-refractivity contribution in [1.82, 2.24) is 10.2 Å². The fourth-order valence-electron chi connectivity index (χ4n) is 4.11. The third kappa shape index (κ3) is 6.98. The van der Waals surface area contributed by atoms with Crippen LogP contribution in [0.3, 0.4) is 0 Å². The van der Waals surface area contributed by atoms with E-state index < -0.39 is 28.5 Å². The van der Waals surface area contributed by atoms with Gasteiger partial charge >= 0.3 is 0 Å². The number of nitrogens with zero attached hydrogens (tertiary/aromatic N) is 2. The van der Waals surface area contributed by atoms with E-state index >= 15 is 0 Å². The lowest BCUT2D eigenvalue weighted by molar-refractivity contribution is -0.139. The first-order chi connectivity index (χ1) is 16.9. The zero-order valence-electron chi connectivity index (χ0n) is 19.8. The smallest absolute Gasteiger partial charge is 0.244 e. The van der Waals surface area contributed by atoms with Crippen LogP contribution in [0.4, 0.5) is 5.69 Å². The second-order valence-electron chi connectivity index (χ2n) is 8.73. The lowest BCUT2D eigenvalue weighted by atomic mass is 10.1. The zero-order chi connectivity index (χ0) is 26.6. The van der Waals surface area contributed by atoms with Gasteiger partial charge in [0.15, 0.2) is 0 Å². The van der Waals surface area contributed by atoms with E-state index in [-0.39, 0.29) is 34.2 Å². The van der Waals surface area contributed by atoms with Crippen molar-refractivity contribution < 1.29 is 18.0 Å². The minimum atomic E-state index is -3.95. The molecule has 1 atom stereocenters. The molecule has 1 aliphatic rings. The quantitative estimate of drug-likeness (QED) is 0.413. The highest BCUT2D eigenvalue weighted by molar-refractivity contribution is 7.92. The summed E-state index contributed by atoms with van der Waals surface area (Å²) >= 11 is 25.1. The second kappa shape index (κ2) is 12.2. The van der Waals surface area contributed by atoms with E-state index in [9.17, 15) is 18.0 Å². The average Bonchev–Trinajstić information content (AvgIpc) is 3.31. The summed E-state index contributed by atoms with van der Waals surface area (Å²) in [5.41, 5.74) is 0.500. The van der Waals surface area contributed by atoms with Gasteiger partial charge in [-0.05, 0) is 44.0 Å². The summed E-state index contributed by atoms with van der Waals surface area (Å²) in [4.78, 5) is 28.0. The minimum Gasteiger partial charge on any atom is -0.352 e. The van der Waals surface area contributed by atoms with E-state index in [1.807, 2.05) is 0 Å². The molecule has 12 heteroatoms. The number of hydrogen-bond acceptors (Lipinski definition) is 4. The highest BCUT2D eigenvalue weighted by atomic mass is 35.5. The number of anilines is 1. The molecule has 0 radical (unpaired) electrons. The van der Waals surface area contributed by atoms with Crippen LogP contribution < -0.4 is 9.62 Å². The van der Waals surface area contributed by atoms with Gasteiger partial charge < -0.3 is 10.2 Å². The van der Waals surface area contributed by atoms with Crippen molar-refractivity contribution in [1.29, 1.82) is 0 Å². The molecule has 3 rings (SSSR count). The molecule has 1 unspecified atom stereocenters. The van der Waals surface area contributed by atoms with E-state index in [2.05, 4.69) is 5.32 Å². The van der Waals surface area contributed by atoms with Crippen LogP contribution in [0, 0.1) is 0 Å². The van der Waals surface area contributed by atoms with Crippen LogP contribution in [0.1, 0.15) is 38.2 Å². The Morgan fingerprint density at radius 3 is 2.14 bits per heavy atom. The highest BCUT2D eigenvalue weighted by Crippen LogP contribution is 2.34. The van der Waals surface area contributed by atoms with Crippen LogP contribution in [-0.2, 0) is 26.2 Å². The molecule has 2 aromatic carbocycles. The topological polar surface area (TPSA) is 86.8 Å². The Morgan fingerprint density at radius 1 is 1.00 bits per heavy atom. The van der Waals surface area contributed by atoms with Gasteiger partial charge in [-0.3, -0.25) is 13.9 Å². The SMILES string of the molecule is CC(C(=O)NC1CCCC1)N(Cc1c(Cl)cccc1Cl)C(=O)CN(c1cccc(Cl)c1Cl)S(C)(=O)=O. The van der Waals surface area contributed by atoms with Crippen LogP contribution in [0.5, 0.6) is 0 Å². The van der Waals surface area contributed by atoms with Crippen LogP contribution in [0.15, 0.2) is 36.4 Å². The summed E-state index contributed by atoms with van der Waals surface area (Å²) < 4.78 is 26.2. The van der Waals surface area contributed by atoms with Crippen molar-refractivity contribution in [2.45, 2.75) is 51.2 Å². The van der Waals surface area contributed by atoms with Gasteiger partial charge in [0.1, 0.15) is 12.6 Å². The Balaban J connectivity index is 1.96. The molecule has 1 aliphatic carbocycles. The van der Waals surface area contributed by atoms with Crippen LogP contribution in [0.25, 0.3) is 0 Å². The van der Waals surface area contributed by atoms with Gasteiger partial charge in [-0.2, -0.15) is 0 Å². The van der Waals surface area contributed by atoms with E-state index in [1.54, 1.807) is 25.1 Å². The van der Waals surface area contributed by atoms with Crippen molar-refractivity contribution in [2.75, 3.05) is 17.1 Å². The molecule has 2 aromatic rings. The van der Waals surface area contributed by atoms with E-state index in [0.29, 0.717) is 15.6 Å². The number of amides is 2. The van der Waals surface area contributed by atoms with Crippen molar-refractivity contribution in [3.63, 3.8) is 0 Å². The first-order valence-corrected chi connectivity index (χ1v) is 14.7. The molecule has 1 fully saturated rings. The minimum absolute atomic E-state index is 0.00915. The molecule has 0 spiro atoms. The molecule has 196 valence electrons. The fourth-order valence-corrected chi connectivity index (χ4v) is 5.93. The maximum Gasteiger partial charge on any atom is 0.244 e. The summed E-state index contributed by atoms with van der Waals surface area (Å²) in [6, 6.07) is 8.53. The Bertz CT molecular complexity index is 1220. The second-order valence-corrected chi connectivity index (χ2v) is 12.2. The molecule has 0 aliphatic heterocycles. The van der Waals surface area contributed by atoms with Gasteiger partial charge in [0.05, 0.1) is 22.0 Å². The van der Waals surface area contributed by atoms with Gasteiger partial charge in [-0.15, -0.1) is 0 Å². The van der Waals surface area contributed by atoms with Gasteiger partial charge in [0.2, 0.25) is 21.8 Å². The maximum absolute atomic E-state index is 13.7. The number of rotatable bonds is 9. The molecule has 0 aromatic heterocycles. The third-order valence-corrected chi connectivity index (χ3v) is 8.78. The normalized spacial score (nSPS) is 14.9. The molecule has 1 N–H and O–H groups in total. The average molecular weight is 595 g/mol. The molecule has 0 saturated heterocycles. The Kier molecular flexibility index (Phi) is 9.80. The lowest BCUT2D eigenvalue weighted by Crippen LogP contribution is -2.52. The van der Waals surface area contributed by atoms with E-state index in [0.717, 1.165) is 36.2 Å². The Hall–Kier alpha value is -1.71. The first kappa shape index (κ1) is 28.9. The van der Waals surface area contributed by atoms with Crippen LogP contribution in [-0.4, -0.2) is 50.0 Å². The maximum atomic E-state index is 13.7. The zero-order valence-corrected chi connectivity index (χ0v) is 23.6.